The van der Waals surface area contributed by atoms with E-state index in [1.165, 1.54) is 12.1 Å². The number of ether oxygens (including phenoxy) is 1. The van der Waals surface area contributed by atoms with Crippen LogP contribution < -0.4 is 20.7 Å². The number of nitrogens with zero attached hydrogens (tertiary/aromatic N) is 1. The molecule has 6 nitrogen and oxygen atoms in total. The molecular weight excluding hydrogens is 546 g/mol. The molecule has 0 fully saturated rings. The van der Waals surface area contributed by atoms with Gasteiger partial charge in [0.25, 0.3) is 5.91 Å². The largest absolute Gasteiger partial charge is 0.484 e. The molecule has 0 aromatic heterocycles. The highest BCUT2D eigenvalue weighted by Gasteiger charge is 2.24. The quantitative estimate of drug-likeness (QED) is 0.237. The van der Waals surface area contributed by atoms with Crippen molar-refractivity contribution < 1.29 is 13.9 Å². The maximum absolute atomic E-state index is 13.4. The van der Waals surface area contributed by atoms with Gasteiger partial charge in [0.15, 0.2) is 12.6 Å². The third-order valence-corrected chi connectivity index (χ3v) is 5.00. The molecular formula is C23H31ClFIN4O2. The molecule has 2 aromatic rings. The standard InChI is InChI=1S/C23H30ClFN4O2.HI/c1-5-27-21(30)14-31-18-8-6-7-16(11-18)13-28-22(26-4)29-15-23(2,3)19-10-9-17(25)12-20(19)24;/h6-12H,5,13-15H2,1-4H3,(H,27,30)(H2,26,28,29);1H. The lowest BCUT2D eigenvalue weighted by Gasteiger charge is -2.27. The van der Waals surface area contributed by atoms with Crippen molar-refractivity contribution in [1.29, 1.82) is 0 Å². The first-order valence-electron chi connectivity index (χ1n) is 10.1. The zero-order valence-corrected chi connectivity index (χ0v) is 21.9. The number of hydrogen-bond donors (Lipinski definition) is 3. The Morgan fingerprint density at radius 3 is 2.56 bits per heavy atom. The number of aliphatic imine (C=N–C) groups is 1. The zero-order chi connectivity index (χ0) is 22.9. The normalized spacial score (nSPS) is 11.4. The fourth-order valence-electron chi connectivity index (χ4n) is 2.99. The van der Waals surface area contributed by atoms with Crippen LogP contribution in [0, 0.1) is 5.82 Å². The van der Waals surface area contributed by atoms with E-state index in [1.54, 1.807) is 13.1 Å². The van der Waals surface area contributed by atoms with Crippen molar-refractivity contribution in [3.05, 3.63) is 64.4 Å². The van der Waals surface area contributed by atoms with E-state index in [4.69, 9.17) is 16.3 Å². The summed E-state index contributed by atoms with van der Waals surface area (Å²) in [6.45, 7) is 7.55. The van der Waals surface area contributed by atoms with Crippen molar-refractivity contribution in [1.82, 2.24) is 16.0 Å². The van der Waals surface area contributed by atoms with Crippen LogP contribution in [0.3, 0.4) is 0 Å². The van der Waals surface area contributed by atoms with Crippen LogP contribution in [0.1, 0.15) is 31.9 Å². The molecule has 9 heteroatoms. The molecule has 0 aliphatic heterocycles. The summed E-state index contributed by atoms with van der Waals surface area (Å²) in [6, 6.07) is 12.0. The lowest BCUT2D eigenvalue weighted by atomic mass is 9.84. The number of carbonyl (C=O) groups is 1. The highest BCUT2D eigenvalue weighted by Crippen LogP contribution is 2.29. The van der Waals surface area contributed by atoms with Gasteiger partial charge in [0.1, 0.15) is 11.6 Å². The van der Waals surface area contributed by atoms with Gasteiger partial charge >= 0.3 is 0 Å². The molecule has 176 valence electrons. The zero-order valence-electron chi connectivity index (χ0n) is 18.8. The summed E-state index contributed by atoms with van der Waals surface area (Å²) in [5, 5.41) is 9.65. The molecule has 0 aliphatic rings. The van der Waals surface area contributed by atoms with Gasteiger partial charge in [0.2, 0.25) is 0 Å². The van der Waals surface area contributed by atoms with Gasteiger partial charge in [-0.3, -0.25) is 9.79 Å². The lowest BCUT2D eigenvalue weighted by molar-refractivity contribution is -0.122. The molecule has 2 rings (SSSR count). The topological polar surface area (TPSA) is 74.8 Å². The van der Waals surface area contributed by atoms with E-state index in [0.29, 0.717) is 36.4 Å². The number of carbonyl (C=O) groups excluding carboxylic acids is 1. The van der Waals surface area contributed by atoms with Crippen LogP contribution in [0.5, 0.6) is 5.75 Å². The number of amides is 1. The minimum absolute atomic E-state index is 0. The van der Waals surface area contributed by atoms with E-state index in [0.717, 1.165) is 11.1 Å². The van der Waals surface area contributed by atoms with Crippen LogP contribution in [-0.4, -0.2) is 38.6 Å². The van der Waals surface area contributed by atoms with Gasteiger partial charge in [0, 0.05) is 37.1 Å². The highest BCUT2D eigenvalue weighted by atomic mass is 127. The first-order valence-corrected chi connectivity index (χ1v) is 10.5. The molecule has 0 saturated heterocycles. The van der Waals surface area contributed by atoms with Crippen LogP contribution in [0.15, 0.2) is 47.5 Å². The molecule has 0 bridgehead atoms. The predicted molar refractivity (Wildman–Crippen MR) is 139 cm³/mol. The fourth-order valence-corrected chi connectivity index (χ4v) is 3.41. The molecule has 1 amide bonds. The minimum Gasteiger partial charge on any atom is -0.484 e. The van der Waals surface area contributed by atoms with Crippen molar-refractivity contribution >= 4 is 47.4 Å². The van der Waals surface area contributed by atoms with Crippen LogP contribution in [-0.2, 0) is 16.8 Å². The van der Waals surface area contributed by atoms with Gasteiger partial charge in [0.05, 0.1) is 0 Å². The Morgan fingerprint density at radius 1 is 1.16 bits per heavy atom. The molecule has 32 heavy (non-hydrogen) atoms. The van der Waals surface area contributed by atoms with E-state index >= 15 is 0 Å². The second-order valence-electron chi connectivity index (χ2n) is 7.68. The van der Waals surface area contributed by atoms with Gasteiger partial charge in [-0.25, -0.2) is 4.39 Å². The molecule has 0 saturated carbocycles. The summed E-state index contributed by atoms with van der Waals surface area (Å²) in [6.07, 6.45) is 0. The Balaban J connectivity index is 0.00000512. The summed E-state index contributed by atoms with van der Waals surface area (Å²) in [4.78, 5) is 15.8. The number of hydrogen-bond acceptors (Lipinski definition) is 3. The molecule has 0 unspecified atom stereocenters. The number of guanidine groups is 1. The Hall–Kier alpha value is -2.07. The summed E-state index contributed by atoms with van der Waals surface area (Å²) < 4.78 is 18.9. The molecule has 3 N–H and O–H groups in total. The van der Waals surface area contributed by atoms with E-state index in [1.807, 2.05) is 45.0 Å². The Labute approximate surface area is 211 Å². The van der Waals surface area contributed by atoms with Crippen LogP contribution in [0.2, 0.25) is 5.02 Å². The van der Waals surface area contributed by atoms with Gasteiger partial charge < -0.3 is 20.7 Å². The number of rotatable bonds is 9. The third kappa shape index (κ3) is 8.82. The highest BCUT2D eigenvalue weighted by molar-refractivity contribution is 14.0. The van der Waals surface area contributed by atoms with Crippen LogP contribution in [0.4, 0.5) is 4.39 Å². The lowest BCUT2D eigenvalue weighted by Crippen LogP contribution is -2.43. The van der Waals surface area contributed by atoms with E-state index in [9.17, 15) is 9.18 Å². The monoisotopic (exact) mass is 576 g/mol. The average Bonchev–Trinajstić information content (AvgIpc) is 2.72. The van der Waals surface area contributed by atoms with Crippen LogP contribution in [0.25, 0.3) is 0 Å². The summed E-state index contributed by atoms with van der Waals surface area (Å²) in [7, 11) is 1.69. The number of halogens is 3. The summed E-state index contributed by atoms with van der Waals surface area (Å²) >= 11 is 6.23. The maximum atomic E-state index is 13.4. The molecule has 0 spiro atoms. The Morgan fingerprint density at radius 2 is 1.91 bits per heavy atom. The molecule has 0 radical (unpaired) electrons. The molecule has 0 atom stereocenters. The van der Waals surface area contributed by atoms with E-state index in [2.05, 4.69) is 20.9 Å². The van der Waals surface area contributed by atoms with Crippen LogP contribution >= 0.6 is 35.6 Å². The molecule has 0 heterocycles. The predicted octanol–water partition coefficient (Wildman–Crippen LogP) is 4.25. The first kappa shape index (κ1) is 28.0. The Kier molecular flexibility index (Phi) is 11.8. The SMILES string of the molecule is CCNC(=O)COc1cccc(CNC(=NC)NCC(C)(C)c2ccc(F)cc2Cl)c1.I. The number of nitrogens with one attached hydrogen (secondary N) is 3. The van der Waals surface area contributed by atoms with Gasteiger partial charge in [-0.05, 0) is 42.3 Å². The van der Waals surface area contributed by atoms with Crippen molar-refractivity contribution in [3.8, 4) is 5.75 Å². The van der Waals surface area contributed by atoms with Gasteiger partial charge in [-0.15, -0.1) is 24.0 Å². The molecule has 2 aromatic carbocycles. The third-order valence-electron chi connectivity index (χ3n) is 4.68. The Bertz CT molecular complexity index is 925. The van der Waals surface area contributed by atoms with Crippen molar-refractivity contribution in [2.24, 2.45) is 4.99 Å². The second-order valence-corrected chi connectivity index (χ2v) is 8.08. The van der Waals surface area contributed by atoms with E-state index < -0.39 is 0 Å². The summed E-state index contributed by atoms with van der Waals surface area (Å²) in [5.74, 6) is 0.743. The molecule has 0 aliphatic carbocycles. The second kappa shape index (κ2) is 13.5. The number of benzene rings is 2. The minimum atomic E-state index is -0.354. The van der Waals surface area contributed by atoms with Gasteiger partial charge in [-0.2, -0.15) is 0 Å². The van der Waals surface area contributed by atoms with Crippen molar-refractivity contribution in [2.75, 3.05) is 26.7 Å². The first-order chi connectivity index (χ1) is 14.7. The average molecular weight is 577 g/mol. The number of likely N-dealkylation sites (N-methyl/N-ethyl adjacent to an activating group) is 1. The van der Waals surface area contributed by atoms with E-state index in [-0.39, 0.29) is 47.7 Å². The fraction of sp³-hybridized carbons (Fsp3) is 0.391. The maximum Gasteiger partial charge on any atom is 0.257 e. The van der Waals surface area contributed by atoms with Crippen molar-refractivity contribution in [3.63, 3.8) is 0 Å². The van der Waals surface area contributed by atoms with Crippen molar-refractivity contribution in [2.45, 2.75) is 32.7 Å². The van der Waals surface area contributed by atoms with Gasteiger partial charge in [-0.1, -0.05) is 43.6 Å². The smallest absolute Gasteiger partial charge is 0.257 e. The summed E-state index contributed by atoms with van der Waals surface area (Å²) in [5.41, 5.74) is 1.50.